The molecule has 0 atom stereocenters. The molecule has 1 nitrogen and oxygen atoms in total. The van der Waals surface area contributed by atoms with Gasteiger partial charge in [-0.25, -0.2) is 0 Å². The minimum Gasteiger partial charge on any atom is -0.281 e. The molecule has 32 heavy (non-hydrogen) atoms. The normalized spacial score (nSPS) is 12.5. The van der Waals surface area contributed by atoms with Crippen molar-refractivity contribution in [3.8, 4) is 0 Å². The molecule has 0 radical (unpaired) electrons. The van der Waals surface area contributed by atoms with E-state index in [2.05, 4.69) is 94.9 Å². The van der Waals surface area contributed by atoms with Gasteiger partial charge >= 0.3 is 0 Å². The van der Waals surface area contributed by atoms with Gasteiger partial charge in [-0.15, -0.1) is 0 Å². The van der Waals surface area contributed by atoms with Gasteiger partial charge in [0.05, 0.1) is 33.9 Å². The Hall–Kier alpha value is -1.03. The molecule has 0 aliphatic carbocycles. The van der Waals surface area contributed by atoms with Crippen LogP contribution in [0.25, 0.3) is 21.8 Å². The summed E-state index contributed by atoms with van der Waals surface area (Å²) in [6.07, 6.45) is 7.77. The summed E-state index contributed by atoms with van der Waals surface area (Å²) in [5.74, 6) is 0. The van der Waals surface area contributed by atoms with E-state index in [4.69, 9.17) is 0 Å². The summed E-state index contributed by atoms with van der Waals surface area (Å²) in [7, 11) is 0. The lowest BCUT2D eigenvalue weighted by molar-refractivity contribution is 0.576. The molecule has 0 saturated heterocycles. The number of fused-ring (bicyclic) bond motifs is 3. The van der Waals surface area contributed by atoms with Gasteiger partial charge < -0.3 is 0 Å². The average molecular weight is 546 g/mol. The zero-order valence-corrected chi connectivity index (χ0v) is 24.4. The van der Waals surface area contributed by atoms with Gasteiger partial charge in [0.2, 0.25) is 0 Å². The van der Waals surface area contributed by atoms with Crippen molar-refractivity contribution < 1.29 is 0 Å². The van der Waals surface area contributed by atoms with Gasteiger partial charge in [0, 0.05) is 10.8 Å². The maximum atomic E-state index is 2.64. The summed E-state index contributed by atoms with van der Waals surface area (Å²) in [6, 6.07) is 0. The number of aromatic nitrogens is 1. The number of hydrogen-bond donors (Lipinski definition) is 0. The van der Waals surface area contributed by atoms with E-state index in [0.717, 1.165) is 44.9 Å². The lowest BCUT2D eigenvalue weighted by Gasteiger charge is -2.29. The van der Waals surface area contributed by atoms with Gasteiger partial charge in [-0.2, -0.15) is 0 Å². The molecular formula is C30H44IN. The van der Waals surface area contributed by atoms with Crippen LogP contribution in [0.5, 0.6) is 0 Å². The third-order valence-electron chi connectivity index (χ3n) is 7.58. The number of aryl methyl sites for hydroxylation is 4. The largest absolute Gasteiger partial charge is 0.281 e. The number of hydrogen-bond acceptors (Lipinski definition) is 0. The third-order valence-corrected chi connectivity index (χ3v) is 8.54. The fourth-order valence-corrected chi connectivity index (χ4v) is 7.65. The lowest BCUT2D eigenvalue weighted by atomic mass is 9.75. The number of nitrogens with zero attached hydrogens (tertiary/aromatic N) is 1. The van der Waals surface area contributed by atoms with Crippen molar-refractivity contribution in [2.45, 2.75) is 120 Å². The Morgan fingerprint density at radius 3 is 1.22 bits per heavy atom. The van der Waals surface area contributed by atoms with Crippen LogP contribution in [-0.2, 0) is 50.4 Å². The molecular weight excluding hydrogens is 501 g/mol. The molecule has 0 saturated carbocycles. The first-order valence-electron chi connectivity index (χ1n) is 13.0. The summed E-state index contributed by atoms with van der Waals surface area (Å²) in [6.45, 7) is 23.7. The van der Waals surface area contributed by atoms with Crippen molar-refractivity contribution in [3.63, 3.8) is 0 Å². The van der Waals surface area contributed by atoms with E-state index in [1.807, 2.05) is 0 Å². The predicted molar refractivity (Wildman–Crippen MR) is 153 cm³/mol. The first kappa shape index (κ1) is 25.6. The van der Waals surface area contributed by atoms with Gasteiger partial charge in [-0.3, -0.25) is 2.78 Å². The Morgan fingerprint density at radius 1 is 0.500 bits per heavy atom. The minimum atomic E-state index is 0.145. The summed E-state index contributed by atoms with van der Waals surface area (Å²) in [5, 5.41) is 3.15. The quantitative estimate of drug-likeness (QED) is 0.261. The van der Waals surface area contributed by atoms with E-state index in [0.29, 0.717) is 0 Å². The highest BCUT2D eigenvalue weighted by Crippen LogP contribution is 2.47. The smallest absolute Gasteiger partial charge is 0.0646 e. The highest BCUT2D eigenvalue weighted by Gasteiger charge is 2.30. The molecule has 3 aromatic rings. The second kappa shape index (κ2) is 9.68. The molecule has 176 valence electrons. The van der Waals surface area contributed by atoms with Crippen LogP contribution in [0, 0.1) is 0 Å². The molecule has 1 heterocycles. The SMILES string of the molecule is CCc1c(CC)c(CC)c2c(c1CC)c1c(CC)c(CC)c(C(C)(C)C)c(CC)c1n2I. The molecule has 0 bridgehead atoms. The molecule has 0 aliphatic rings. The lowest BCUT2D eigenvalue weighted by Crippen LogP contribution is -2.19. The Morgan fingerprint density at radius 2 is 0.844 bits per heavy atom. The molecule has 0 N–H and O–H groups in total. The molecule has 2 aromatic carbocycles. The Bertz CT molecular complexity index is 1150. The van der Waals surface area contributed by atoms with Crippen LogP contribution in [0.1, 0.15) is 114 Å². The van der Waals surface area contributed by atoms with Crippen LogP contribution in [0.2, 0.25) is 0 Å². The van der Waals surface area contributed by atoms with Crippen molar-refractivity contribution in [2.24, 2.45) is 0 Å². The van der Waals surface area contributed by atoms with Gasteiger partial charge in [0.1, 0.15) is 0 Å². The molecule has 0 aliphatic heterocycles. The third kappa shape index (κ3) is 3.63. The van der Waals surface area contributed by atoms with Crippen molar-refractivity contribution in [3.05, 3.63) is 44.5 Å². The van der Waals surface area contributed by atoms with Gasteiger partial charge in [-0.05, 0) is 94.9 Å². The molecule has 0 spiro atoms. The van der Waals surface area contributed by atoms with Crippen molar-refractivity contribution >= 4 is 44.7 Å². The zero-order chi connectivity index (χ0) is 24.0. The summed E-state index contributed by atoms with van der Waals surface area (Å²) in [5.41, 5.74) is 16.0. The van der Waals surface area contributed by atoms with Crippen molar-refractivity contribution in [1.29, 1.82) is 0 Å². The second-order valence-corrected chi connectivity index (χ2v) is 11.1. The summed E-state index contributed by atoms with van der Waals surface area (Å²) < 4.78 is 2.58. The fourth-order valence-electron chi connectivity index (χ4n) is 6.59. The van der Waals surface area contributed by atoms with Gasteiger partial charge in [0.15, 0.2) is 0 Å². The van der Waals surface area contributed by atoms with E-state index in [9.17, 15) is 0 Å². The second-order valence-electron chi connectivity index (χ2n) is 10.2. The number of benzene rings is 2. The first-order valence-corrected chi connectivity index (χ1v) is 14.0. The zero-order valence-electron chi connectivity index (χ0n) is 22.3. The van der Waals surface area contributed by atoms with Crippen LogP contribution in [0.15, 0.2) is 0 Å². The van der Waals surface area contributed by atoms with Crippen LogP contribution in [0.3, 0.4) is 0 Å². The molecule has 1 aromatic heterocycles. The first-order chi connectivity index (χ1) is 15.2. The van der Waals surface area contributed by atoms with E-state index in [1.54, 1.807) is 55.3 Å². The topological polar surface area (TPSA) is 4.93 Å². The monoisotopic (exact) mass is 545 g/mol. The van der Waals surface area contributed by atoms with E-state index < -0.39 is 0 Å². The van der Waals surface area contributed by atoms with Crippen molar-refractivity contribution in [2.75, 3.05) is 0 Å². The molecule has 0 amide bonds. The minimum absolute atomic E-state index is 0.145. The average Bonchev–Trinajstić information content (AvgIpc) is 3.07. The molecule has 0 fully saturated rings. The van der Waals surface area contributed by atoms with Crippen LogP contribution in [0.4, 0.5) is 0 Å². The van der Waals surface area contributed by atoms with E-state index in [-0.39, 0.29) is 5.41 Å². The van der Waals surface area contributed by atoms with Crippen LogP contribution >= 0.6 is 22.9 Å². The van der Waals surface area contributed by atoms with Crippen LogP contribution in [-0.4, -0.2) is 2.78 Å². The predicted octanol–water partition coefficient (Wildman–Crippen LogP) is 9.23. The number of halogens is 1. The Balaban J connectivity index is 2.84. The molecule has 2 heteroatoms. The summed E-state index contributed by atoms with van der Waals surface area (Å²) in [4.78, 5) is 0. The maximum Gasteiger partial charge on any atom is 0.0646 e. The maximum absolute atomic E-state index is 2.64. The highest BCUT2D eigenvalue weighted by atomic mass is 127. The standard InChI is InChI=1S/C30H44IN/c1-11-18-19(12-2)23(16-6)28-25(20(18)13-3)26-21(14-4)22(15-5)27(30(8,9)10)24(17-7)29(26)32(28)31/h11-17H2,1-10H3. The summed E-state index contributed by atoms with van der Waals surface area (Å²) >= 11 is 2.64. The molecule has 3 rings (SSSR count). The van der Waals surface area contributed by atoms with E-state index >= 15 is 0 Å². The van der Waals surface area contributed by atoms with Crippen LogP contribution < -0.4 is 0 Å². The highest BCUT2D eigenvalue weighted by molar-refractivity contribution is 14.1. The molecule has 0 unspecified atom stereocenters. The Labute approximate surface area is 210 Å². The number of rotatable bonds is 7. The Kier molecular flexibility index (Phi) is 7.74. The van der Waals surface area contributed by atoms with Gasteiger partial charge in [-0.1, -0.05) is 69.2 Å². The van der Waals surface area contributed by atoms with Crippen molar-refractivity contribution in [1.82, 2.24) is 2.78 Å². The fraction of sp³-hybridized carbons (Fsp3) is 0.600. The van der Waals surface area contributed by atoms with Gasteiger partial charge in [0.25, 0.3) is 0 Å². The van der Waals surface area contributed by atoms with E-state index in [1.165, 1.54) is 11.0 Å².